The van der Waals surface area contributed by atoms with Gasteiger partial charge < -0.3 is 10.2 Å². The molecule has 3 nitrogen and oxygen atoms in total. The van der Waals surface area contributed by atoms with E-state index in [0.717, 1.165) is 25.9 Å². The van der Waals surface area contributed by atoms with Crippen LogP contribution >= 0.6 is 11.8 Å². The molecule has 0 heterocycles. The molecule has 2 N–H and O–H groups in total. The molecule has 4 heteroatoms. The van der Waals surface area contributed by atoms with Crippen molar-refractivity contribution in [1.29, 1.82) is 0 Å². The van der Waals surface area contributed by atoms with Crippen molar-refractivity contribution in [3.63, 3.8) is 0 Å². The molecule has 0 aliphatic heterocycles. The molecule has 0 radical (unpaired) electrons. The summed E-state index contributed by atoms with van der Waals surface area (Å²) in [6, 6.07) is 0. The highest BCUT2D eigenvalue weighted by atomic mass is 32.2. The van der Waals surface area contributed by atoms with Crippen LogP contribution in [0.25, 0.3) is 0 Å². The van der Waals surface area contributed by atoms with E-state index in [0.29, 0.717) is 0 Å². The van der Waals surface area contributed by atoms with Crippen LogP contribution in [0.15, 0.2) is 0 Å². The summed E-state index contributed by atoms with van der Waals surface area (Å²) in [6.07, 6.45) is 3.03. The number of aliphatic hydroxyl groups is 2. The van der Waals surface area contributed by atoms with Crippen molar-refractivity contribution in [1.82, 2.24) is 4.90 Å². The molecule has 0 aliphatic rings. The lowest BCUT2D eigenvalue weighted by atomic mass is 10.2. The molecule has 92 valence electrons. The van der Waals surface area contributed by atoms with Crippen LogP contribution in [0.2, 0.25) is 0 Å². The first-order chi connectivity index (χ1) is 7.06. The van der Waals surface area contributed by atoms with Gasteiger partial charge in [-0.3, -0.25) is 4.90 Å². The molecule has 0 saturated heterocycles. The first-order valence-corrected chi connectivity index (χ1v) is 6.98. The molecule has 0 spiro atoms. The zero-order chi connectivity index (χ0) is 11.8. The van der Waals surface area contributed by atoms with Gasteiger partial charge in [0.2, 0.25) is 0 Å². The van der Waals surface area contributed by atoms with E-state index in [1.165, 1.54) is 0 Å². The number of aliphatic hydroxyl groups excluding tert-OH is 2. The normalized spacial score (nSPS) is 17.8. The molecule has 0 saturated carbocycles. The van der Waals surface area contributed by atoms with Gasteiger partial charge in [0.05, 0.1) is 6.10 Å². The highest BCUT2D eigenvalue weighted by Crippen LogP contribution is 2.18. The molecule has 0 aliphatic carbocycles. The summed E-state index contributed by atoms with van der Waals surface area (Å²) >= 11 is 1.70. The van der Waals surface area contributed by atoms with E-state index in [9.17, 15) is 10.2 Å². The van der Waals surface area contributed by atoms with E-state index < -0.39 is 6.23 Å². The Labute approximate surface area is 97.9 Å². The second kappa shape index (κ2) is 8.39. The van der Waals surface area contributed by atoms with Crippen LogP contribution in [0.4, 0.5) is 0 Å². The lowest BCUT2D eigenvalue weighted by molar-refractivity contribution is -0.00171. The quantitative estimate of drug-likeness (QED) is 0.626. The first kappa shape index (κ1) is 15.2. The number of hydrogen-bond donors (Lipinski definition) is 2. The summed E-state index contributed by atoms with van der Waals surface area (Å²) in [5.41, 5.74) is 0. The van der Waals surface area contributed by atoms with Gasteiger partial charge in [0.15, 0.2) is 0 Å². The van der Waals surface area contributed by atoms with Crippen molar-refractivity contribution in [2.24, 2.45) is 0 Å². The topological polar surface area (TPSA) is 43.7 Å². The molecule has 0 fully saturated rings. The summed E-state index contributed by atoms with van der Waals surface area (Å²) in [5, 5.41) is 19.6. The van der Waals surface area contributed by atoms with E-state index >= 15 is 0 Å². The second-order valence-electron chi connectivity index (χ2n) is 3.86. The van der Waals surface area contributed by atoms with E-state index in [4.69, 9.17) is 0 Å². The highest BCUT2D eigenvalue weighted by molar-refractivity contribution is 7.99. The molecule has 3 unspecified atom stereocenters. The van der Waals surface area contributed by atoms with Gasteiger partial charge in [-0.25, -0.2) is 0 Å². The largest absolute Gasteiger partial charge is 0.393 e. The Morgan fingerprint density at radius 1 is 1.27 bits per heavy atom. The zero-order valence-electron chi connectivity index (χ0n) is 10.3. The summed E-state index contributed by atoms with van der Waals surface area (Å²) < 4.78 is 0. The van der Waals surface area contributed by atoms with Crippen molar-refractivity contribution in [2.45, 2.75) is 51.2 Å². The zero-order valence-corrected chi connectivity index (χ0v) is 11.1. The van der Waals surface area contributed by atoms with Gasteiger partial charge in [-0.15, -0.1) is 0 Å². The van der Waals surface area contributed by atoms with E-state index in [1.54, 1.807) is 18.7 Å². The average Bonchev–Trinajstić information content (AvgIpc) is 2.20. The lowest BCUT2D eigenvalue weighted by Crippen LogP contribution is -2.43. The predicted octanol–water partition coefficient (Wildman–Crippen LogP) is 1.54. The van der Waals surface area contributed by atoms with Gasteiger partial charge in [0.25, 0.3) is 0 Å². The van der Waals surface area contributed by atoms with Gasteiger partial charge in [-0.05, 0) is 32.6 Å². The monoisotopic (exact) mass is 235 g/mol. The van der Waals surface area contributed by atoms with E-state index in [2.05, 4.69) is 6.92 Å². The van der Waals surface area contributed by atoms with Crippen LogP contribution in [-0.4, -0.2) is 52.0 Å². The minimum atomic E-state index is -0.395. The predicted molar refractivity (Wildman–Crippen MR) is 67.1 cm³/mol. The smallest absolute Gasteiger partial charge is 0.119 e. The SMILES string of the molecule is CCC(SC)C(O)N(CC)CCC(C)O. The van der Waals surface area contributed by atoms with Crippen molar-refractivity contribution in [2.75, 3.05) is 19.3 Å². The third kappa shape index (κ3) is 5.76. The Bertz CT molecular complexity index is 152. The lowest BCUT2D eigenvalue weighted by Gasteiger charge is -2.31. The molecule has 0 aromatic heterocycles. The minimum absolute atomic E-state index is 0.263. The average molecular weight is 235 g/mol. The summed E-state index contributed by atoms with van der Waals surface area (Å²) in [5.74, 6) is 0. The van der Waals surface area contributed by atoms with Crippen molar-refractivity contribution in [3.8, 4) is 0 Å². The molecular formula is C11H25NO2S. The van der Waals surface area contributed by atoms with Crippen LogP contribution in [0.3, 0.4) is 0 Å². The standard InChI is InChI=1S/C11H25NO2S/c1-5-10(15-4)11(14)12(6-2)8-7-9(3)13/h9-11,13-14H,5-8H2,1-4H3. The molecule has 15 heavy (non-hydrogen) atoms. The van der Waals surface area contributed by atoms with E-state index in [-0.39, 0.29) is 11.4 Å². The molecule has 0 aromatic carbocycles. The Kier molecular flexibility index (Phi) is 8.52. The van der Waals surface area contributed by atoms with Crippen molar-refractivity contribution >= 4 is 11.8 Å². The van der Waals surface area contributed by atoms with Gasteiger partial charge in [0, 0.05) is 11.8 Å². The Hall–Kier alpha value is 0.230. The minimum Gasteiger partial charge on any atom is -0.393 e. The van der Waals surface area contributed by atoms with Crippen molar-refractivity contribution in [3.05, 3.63) is 0 Å². The molecule has 0 aromatic rings. The molecule has 0 amide bonds. The van der Waals surface area contributed by atoms with Crippen LogP contribution in [0.5, 0.6) is 0 Å². The fourth-order valence-electron chi connectivity index (χ4n) is 1.56. The highest BCUT2D eigenvalue weighted by Gasteiger charge is 2.22. The fraction of sp³-hybridized carbons (Fsp3) is 1.00. The number of hydrogen-bond acceptors (Lipinski definition) is 4. The number of nitrogens with zero attached hydrogens (tertiary/aromatic N) is 1. The fourth-order valence-corrected chi connectivity index (χ4v) is 2.31. The Morgan fingerprint density at radius 2 is 1.87 bits per heavy atom. The summed E-state index contributed by atoms with van der Waals surface area (Å²) in [7, 11) is 0. The second-order valence-corrected chi connectivity index (χ2v) is 4.94. The Morgan fingerprint density at radius 3 is 2.20 bits per heavy atom. The first-order valence-electron chi connectivity index (χ1n) is 5.69. The van der Waals surface area contributed by atoms with Gasteiger partial charge >= 0.3 is 0 Å². The number of thioether (sulfide) groups is 1. The van der Waals surface area contributed by atoms with Crippen LogP contribution in [-0.2, 0) is 0 Å². The molecule has 0 rings (SSSR count). The van der Waals surface area contributed by atoms with Crippen molar-refractivity contribution < 1.29 is 10.2 Å². The van der Waals surface area contributed by atoms with Crippen LogP contribution < -0.4 is 0 Å². The van der Waals surface area contributed by atoms with Gasteiger partial charge in [0.1, 0.15) is 6.23 Å². The number of rotatable bonds is 8. The molecule has 3 atom stereocenters. The van der Waals surface area contributed by atoms with E-state index in [1.807, 2.05) is 18.1 Å². The summed E-state index contributed by atoms with van der Waals surface area (Å²) in [6.45, 7) is 7.49. The van der Waals surface area contributed by atoms with Gasteiger partial charge in [-0.1, -0.05) is 13.8 Å². The molecular weight excluding hydrogens is 210 g/mol. The van der Waals surface area contributed by atoms with Gasteiger partial charge in [-0.2, -0.15) is 11.8 Å². The summed E-state index contributed by atoms with van der Waals surface area (Å²) in [4.78, 5) is 2.03. The molecule has 0 bridgehead atoms. The maximum absolute atomic E-state index is 10.1. The maximum Gasteiger partial charge on any atom is 0.119 e. The third-order valence-corrected chi connectivity index (χ3v) is 3.83. The maximum atomic E-state index is 10.1. The van der Waals surface area contributed by atoms with Crippen LogP contribution in [0.1, 0.15) is 33.6 Å². The third-order valence-electron chi connectivity index (χ3n) is 2.65. The Balaban J connectivity index is 4.13. The van der Waals surface area contributed by atoms with Crippen LogP contribution in [0, 0.1) is 0 Å².